The van der Waals surface area contributed by atoms with E-state index in [1.807, 2.05) is 0 Å². The van der Waals surface area contributed by atoms with Gasteiger partial charge in [0, 0.05) is 4.88 Å². The number of halogens is 1. The van der Waals surface area contributed by atoms with Gasteiger partial charge in [-0.2, -0.15) is 0 Å². The number of carbonyl (C=O) groups excluding carboxylic acids is 2. The first-order chi connectivity index (χ1) is 12.0. The Hall–Kier alpha value is -1.85. The first-order valence-electron chi connectivity index (χ1n) is 8.38. The molecule has 0 saturated heterocycles. The summed E-state index contributed by atoms with van der Waals surface area (Å²) in [5.41, 5.74) is 1.92. The van der Waals surface area contributed by atoms with Gasteiger partial charge in [0.15, 0.2) is 0 Å². The molecule has 1 amide bonds. The third-order valence-corrected chi connectivity index (χ3v) is 5.84. The maximum atomic E-state index is 12.6. The van der Waals surface area contributed by atoms with Crippen LogP contribution < -0.4 is 5.32 Å². The van der Waals surface area contributed by atoms with E-state index < -0.39 is 0 Å². The van der Waals surface area contributed by atoms with Crippen molar-refractivity contribution in [1.82, 2.24) is 0 Å². The van der Waals surface area contributed by atoms with Crippen molar-refractivity contribution < 1.29 is 14.3 Å². The molecule has 0 aliphatic heterocycles. The second-order valence-corrected chi connectivity index (χ2v) is 7.72. The summed E-state index contributed by atoms with van der Waals surface area (Å²) in [7, 11) is 0. The molecule has 3 rings (SSSR count). The zero-order valence-electron chi connectivity index (χ0n) is 14.2. The summed E-state index contributed by atoms with van der Waals surface area (Å²) in [5, 5.41) is 3.81. The van der Waals surface area contributed by atoms with Gasteiger partial charge in [-0.15, -0.1) is 11.3 Å². The number of ether oxygens (including phenoxy) is 1. The lowest BCUT2D eigenvalue weighted by molar-refractivity contribution is 0.0526. The molecule has 0 bridgehead atoms. The highest BCUT2D eigenvalue weighted by molar-refractivity contribution is 7.17. The third-order valence-electron chi connectivity index (χ3n) is 4.34. The lowest BCUT2D eigenvalue weighted by atomic mass is 9.88. The molecule has 0 saturated carbocycles. The fourth-order valence-electron chi connectivity index (χ4n) is 3.07. The van der Waals surface area contributed by atoms with Crippen molar-refractivity contribution in [3.8, 4) is 0 Å². The summed E-state index contributed by atoms with van der Waals surface area (Å²) in [4.78, 5) is 26.2. The van der Waals surface area contributed by atoms with Crippen LogP contribution in [0.4, 0.5) is 5.00 Å². The normalized spacial score (nSPS) is 16.2. The maximum Gasteiger partial charge on any atom is 0.341 e. The summed E-state index contributed by atoms with van der Waals surface area (Å²) < 4.78 is 5.22. The molecule has 1 N–H and O–H groups in total. The van der Waals surface area contributed by atoms with Gasteiger partial charge in [-0.1, -0.05) is 30.7 Å². The van der Waals surface area contributed by atoms with E-state index in [1.54, 1.807) is 31.2 Å². The topological polar surface area (TPSA) is 55.4 Å². The molecule has 1 atom stereocenters. The van der Waals surface area contributed by atoms with Gasteiger partial charge in [0.2, 0.25) is 0 Å². The first-order valence-corrected chi connectivity index (χ1v) is 9.58. The third kappa shape index (κ3) is 3.72. The zero-order valence-corrected chi connectivity index (χ0v) is 15.8. The number of fused-ring (bicyclic) bond motifs is 1. The molecular weight excluding hydrogens is 358 g/mol. The molecule has 0 fully saturated rings. The Morgan fingerprint density at radius 3 is 2.84 bits per heavy atom. The van der Waals surface area contributed by atoms with Crippen LogP contribution in [0.5, 0.6) is 0 Å². The van der Waals surface area contributed by atoms with E-state index in [2.05, 4.69) is 12.2 Å². The molecule has 1 heterocycles. The Labute approximate surface area is 156 Å². The number of amides is 1. The molecule has 6 heteroatoms. The highest BCUT2D eigenvalue weighted by Gasteiger charge is 2.29. The van der Waals surface area contributed by atoms with E-state index in [0.29, 0.717) is 33.7 Å². The summed E-state index contributed by atoms with van der Waals surface area (Å²) in [6, 6.07) is 6.86. The molecule has 4 nitrogen and oxygen atoms in total. The Morgan fingerprint density at radius 2 is 2.12 bits per heavy atom. The van der Waals surface area contributed by atoms with Gasteiger partial charge in [0.25, 0.3) is 5.91 Å². The highest BCUT2D eigenvalue weighted by atomic mass is 35.5. The van der Waals surface area contributed by atoms with Crippen LogP contribution in [0, 0.1) is 5.92 Å². The number of anilines is 1. The van der Waals surface area contributed by atoms with Gasteiger partial charge >= 0.3 is 5.97 Å². The van der Waals surface area contributed by atoms with Gasteiger partial charge < -0.3 is 10.1 Å². The van der Waals surface area contributed by atoms with Crippen LogP contribution in [-0.4, -0.2) is 18.5 Å². The molecule has 0 radical (unpaired) electrons. The van der Waals surface area contributed by atoms with Crippen molar-refractivity contribution >= 4 is 39.8 Å². The quantitative estimate of drug-likeness (QED) is 0.766. The van der Waals surface area contributed by atoms with E-state index in [1.165, 1.54) is 11.3 Å². The van der Waals surface area contributed by atoms with Crippen molar-refractivity contribution in [1.29, 1.82) is 0 Å². The van der Waals surface area contributed by atoms with E-state index >= 15 is 0 Å². The van der Waals surface area contributed by atoms with Gasteiger partial charge in [0.05, 0.1) is 22.8 Å². The van der Waals surface area contributed by atoms with Crippen LogP contribution in [0.3, 0.4) is 0 Å². The molecule has 2 aromatic rings. The monoisotopic (exact) mass is 377 g/mol. The number of rotatable bonds is 4. The number of carbonyl (C=O) groups is 2. The second kappa shape index (κ2) is 7.58. The lowest BCUT2D eigenvalue weighted by Crippen LogP contribution is -2.17. The SMILES string of the molecule is CCOC(=O)c1c(NC(=O)c2ccccc2Cl)sc2c1CCC(C)C2. The summed E-state index contributed by atoms with van der Waals surface area (Å²) in [6.45, 7) is 4.28. The lowest BCUT2D eigenvalue weighted by Gasteiger charge is -2.18. The van der Waals surface area contributed by atoms with E-state index in [9.17, 15) is 9.59 Å². The molecule has 132 valence electrons. The van der Waals surface area contributed by atoms with E-state index in [0.717, 1.165) is 29.7 Å². The molecule has 1 aromatic heterocycles. The number of nitrogens with one attached hydrogen (secondary N) is 1. The predicted molar refractivity (Wildman–Crippen MR) is 101 cm³/mol. The van der Waals surface area contributed by atoms with Crippen molar-refractivity contribution in [3.63, 3.8) is 0 Å². The molecule has 0 spiro atoms. The molecule has 1 aliphatic rings. The van der Waals surface area contributed by atoms with Crippen molar-refractivity contribution in [2.24, 2.45) is 5.92 Å². The summed E-state index contributed by atoms with van der Waals surface area (Å²) >= 11 is 7.58. The average molecular weight is 378 g/mol. The minimum atomic E-state index is -0.371. The number of benzene rings is 1. The van der Waals surface area contributed by atoms with Crippen LogP contribution in [0.15, 0.2) is 24.3 Å². The van der Waals surface area contributed by atoms with Crippen LogP contribution in [0.2, 0.25) is 5.02 Å². The van der Waals surface area contributed by atoms with Crippen LogP contribution in [0.1, 0.15) is 51.4 Å². The summed E-state index contributed by atoms with van der Waals surface area (Å²) in [5.74, 6) is -0.111. The maximum absolute atomic E-state index is 12.6. The summed E-state index contributed by atoms with van der Waals surface area (Å²) in [6.07, 6.45) is 2.80. The van der Waals surface area contributed by atoms with Gasteiger partial charge in [0.1, 0.15) is 5.00 Å². The highest BCUT2D eigenvalue weighted by Crippen LogP contribution is 2.40. The Bertz CT molecular complexity index is 815. The number of hydrogen-bond donors (Lipinski definition) is 1. The standard InChI is InChI=1S/C19H20ClNO3S/c1-3-24-19(23)16-13-9-8-11(2)10-15(13)25-18(16)21-17(22)12-6-4-5-7-14(12)20/h4-7,11H,3,8-10H2,1-2H3,(H,21,22). The molecule has 1 aromatic carbocycles. The van der Waals surface area contributed by atoms with Crippen LogP contribution >= 0.6 is 22.9 Å². The van der Waals surface area contributed by atoms with E-state index in [-0.39, 0.29) is 11.9 Å². The minimum Gasteiger partial charge on any atom is -0.462 e. The van der Waals surface area contributed by atoms with E-state index in [4.69, 9.17) is 16.3 Å². The fraction of sp³-hybridized carbons (Fsp3) is 0.368. The second-order valence-electron chi connectivity index (χ2n) is 6.21. The van der Waals surface area contributed by atoms with Gasteiger partial charge in [-0.25, -0.2) is 4.79 Å². The number of hydrogen-bond acceptors (Lipinski definition) is 4. The van der Waals surface area contributed by atoms with Crippen molar-refractivity contribution in [2.45, 2.75) is 33.1 Å². The molecule has 1 aliphatic carbocycles. The van der Waals surface area contributed by atoms with Crippen molar-refractivity contribution in [2.75, 3.05) is 11.9 Å². The Kier molecular flexibility index (Phi) is 5.45. The largest absolute Gasteiger partial charge is 0.462 e. The zero-order chi connectivity index (χ0) is 18.0. The van der Waals surface area contributed by atoms with Crippen LogP contribution in [-0.2, 0) is 17.6 Å². The minimum absolute atomic E-state index is 0.303. The van der Waals surface area contributed by atoms with Crippen molar-refractivity contribution in [3.05, 3.63) is 50.9 Å². The average Bonchev–Trinajstić information content (AvgIpc) is 2.92. The van der Waals surface area contributed by atoms with Gasteiger partial charge in [-0.3, -0.25) is 4.79 Å². The Balaban J connectivity index is 1.96. The molecule has 25 heavy (non-hydrogen) atoms. The van der Waals surface area contributed by atoms with Gasteiger partial charge in [-0.05, 0) is 49.8 Å². The first kappa shape index (κ1) is 18.0. The number of esters is 1. The molecule has 1 unspecified atom stereocenters. The predicted octanol–water partition coefficient (Wildman–Crippen LogP) is 4.96. The fourth-order valence-corrected chi connectivity index (χ4v) is 4.69. The smallest absolute Gasteiger partial charge is 0.341 e. The Morgan fingerprint density at radius 1 is 1.36 bits per heavy atom. The molecular formula is C19H20ClNO3S. The van der Waals surface area contributed by atoms with Crippen LogP contribution in [0.25, 0.3) is 0 Å². The number of thiophene rings is 1.